The predicted molar refractivity (Wildman–Crippen MR) is 59.5 cm³/mol. The van der Waals surface area contributed by atoms with Gasteiger partial charge >= 0.3 is 0 Å². The van der Waals surface area contributed by atoms with Gasteiger partial charge in [-0.1, -0.05) is 6.92 Å². The lowest BCUT2D eigenvalue weighted by molar-refractivity contribution is -0.119. The Balaban J connectivity index is 1.81. The Morgan fingerprint density at radius 3 is 3.07 bits per heavy atom. The van der Waals surface area contributed by atoms with E-state index in [1.54, 1.807) is 0 Å². The molecule has 0 bridgehead atoms. The Morgan fingerprint density at radius 2 is 2.43 bits per heavy atom. The van der Waals surface area contributed by atoms with Gasteiger partial charge < -0.3 is 10.6 Å². The molecule has 3 nitrogen and oxygen atoms in total. The van der Waals surface area contributed by atoms with Crippen molar-refractivity contribution in [3.8, 4) is 0 Å². The SMILES string of the molecule is CC1SCCCC1NC1CNC(=O)C1. The van der Waals surface area contributed by atoms with E-state index in [1.165, 1.54) is 18.6 Å². The molecule has 2 heterocycles. The van der Waals surface area contributed by atoms with Crippen molar-refractivity contribution in [1.29, 1.82) is 0 Å². The van der Waals surface area contributed by atoms with Crippen molar-refractivity contribution in [3.05, 3.63) is 0 Å². The maximum absolute atomic E-state index is 11.0. The molecule has 3 atom stereocenters. The molecule has 80 valence electrons. The molecule has 2 saturated heterocycles. The van der Waals surface area contributed by atoms with Gasteiger partial charge in [-0.3, -0.25) is 4.79 Å². The summed E-state index contributed by atoms with van der Waals surface area (Å²) in [6.07, 6.45) is 3.23. The van der Waals surface area contributed by atoms with Crippen LogP contribution in [0.5, 0.6) is 0 Å². The number of hydrogen-bond donors (Lipinski definition) is 2. The summed E-state index contributed by atoms with van der Waals surface area (Å²) in [5.41, 5.74) is 0. The third-order valence-electron chi connectivity index (χ3n) is 3.03. The van der Waals surface area contributed by atoms with Crippen LogP contribution < -0.4 is 10.6 Å². The standard InChI is InChI=1S/C10H18N2OS/c1-7-9(3-2-4-14-7)12-8-5-10(13)11-6-8/h7-9,12H,2-6H2,1H3,(H,11,13). The minimum absolute atomic E-state index is 0.193. The summed E-state index contributed by atoms with van der Waals surface area (Å²) < 4.78 is 0. The Bertz CT molecular complexity index is 222. The first-order valence-corrected chi connectivity index (χ1v) is 6.45. The first kappa shape index (κ1) is 10.3. The summed E-state index contributed by atoms with van der Waals surface area (Å²) in [5, 5.41) is 7.15. The van der Waals surface area contributed by atoms with E-state index in [0.717, 1.165) is 6.54 Å². The third-order valence-corrected chi connectivity index (χ3v) is 4.41. The number of rotatable bonds is 2. The number of hydrogen-bond acceptors (Lipinski definition) is 3. The molecule has 0 saturated carbocycles. The van der Waals surface area contributed by atoms with Crippen LogP contribution in [-0.2, 0) is 4.79 Å². The van der Waals surface area contributed by atoms with E-state index in [-0.39, 0.29) is 5.91 Å². The molecule has 0 spiro atoms. The quantitative estimate of drug-likeness (QED) is 0.712. The average Bonchev–Trinajstić information content (AvgIpc) is 2.56. The van der Waals surface area contributed by atoms with E-state index in [9.17, 15) is 4.79 Å². The summed E-state index contributed by atoms with van der Waals surface area (Å²) >= 11 is 2.04. The molecule has 0 radical (unpaired) electrons. The van der Waals surface area contributed by atoms with E-state index < -0.39 is 0 Å². The first-order chi connectivity index (χ1) is 6.75. The summed E-state index contributed by atoms with van der Waals surface area (Å²) in [6, 6.07) is 0.972. The molecule has 1 amide bonds. The maximum atomic E-state index is 11.0. The van der Waals surface area contributed by atoms with Gasteiger partial charge in [0.15, 0.2) is 0 Å². The van der Waals surface area contributed by atoms with Crippen molar-refractivity contribution in [2.24, 2.45) is 0 Å². The molecule has 4 heteroatoms. The fourth-order valence-corrected chi connectivity index (χ4v) is 3.32. The van der Waals surface area contributed by atoms with Gasteiger partial charge in [0.05, 0.1) is 0 Å². The second-order valence-corrected chi connectivity index (χ2v) is 5.68. The lowest BCUT2D eigenvalue weighted by Crippen LogP contribution is -2.45. The molecule has 14 heavy (non-hydrogen) atoms. The molecule has 2 fully saturated rings. The molecular formula is C10H18N2OS. The van der Waals surface area contributed by atoms with Crippen LogP contribution in [0.2, 0.25) is 0 Å². The summed E-state index contributed by atoms with van der Waals surface area (Å²) in [5.74, 6) is 1.49. The van der Waals surface area contributed by atoms with Crippen molar-refractivity contribution in [1.82, 2.24) is 10.6 Å². The molecular weight excluding hydrogens is 196 g/mol. The van der Waals surface area contributed by atoms with E-state index in [2.05, 4.69) is 17.6 Å². The largest absolute Gasteiger partial charge is 0.354 e. The van der Waals surface area contributed by atoms with Crippen molar-refractivity contribution < 1.29 is 4.79 Å². The highest BCUT2D eigenvalue weighted by Gasteiger charge is 2.28. The fourth-order valence-electron chi connectivity index (χ4n) is 2.17. The van der Waals surface area contributed by atoms with Crippen molar-refractivity contribution in [2.75, 3.05) is 12.3 Å². The number of nitrogens with one attached hydrogen (secondary N) is 2. The molecule has 0 aromatic carbocycles. The molecule has 0 aromatic heterocycles. The highest BCUT2D eigenvalue weighted by molar-refractivity contribution is 7.99. The predicted octanol–water partition coefficient (Wildman–Crippen LogP) is 0.749. The molecule has 0 aromatic rings. The minimum Gasteiger partial charge on any atom is -0.354 e. The monoisotopic (exact) mass is 214 g/mol. The van der Waals surface area contributed by atoms with Crippen LogP contribution in [0.25, 0.3) is 0 Å². The maximum Gasteiger partial charge on any atom is 0.221 e. The highest BCUT2D eigenvalue weighted by Crippen LogP contribution is 2.25. The lowest BCUT2D eigenvalue weighted by atomic mass is 10.1. The van der Waals surface area contributed by atoms with Crippen LogP contribution in [0, 0.1) is 0 Å². The second kappa shape index (κ2) is 4.53. The van der Waals surface area contributed by atoms with E-state index in [1.807, 2.05) is 11.8 Å². The minimum atomic E-state index is 0.193. The smallest absolute Gasteiger partial charge is 0.221 e. The van der Waals surface area contributed by atoms with E-state index >= 15 is 0 Å². The number of carbonyl (C=O) groups is 1. The average molecular weight is 214 g/mol. The molecule has 2 rings (SSSR count). The molecule has 2 N–H and O–H groups in total. The van der Waals surface area contributed by atoms with Crippen molar-refractivity contribution >= 4 is 17.7 Å². The zero-order valence-corrected chi connectivity index (χ0v) is 9.40. The van der Waals surface area contributed by atoms with Gasteiger partial charge in [0, 0.05) is 30.3 Å². The van der Waals surface area contributed by atoms with Crippen molar-refractivity contribution in [3.63, 3.8) is 0 Å². The van der Waals surface area contributed by atoms with E-state index in [4.69, 9.17) is 0 Å². The van der Waals surface area contributed by atoms with Gasteiger partial charge in [0.25, 0.3) is 0 Å². The molecule has 2 aliphatic heterocycles. The molecule has 3 unspecified atom stereocenters. The summed E-state index contributed by atoms with van der Waals surface area (Å²) in [6.45, 7) is 3.10. The van der Waals surface area contributed by atoms with Crippen LogP contribution in [0.4, 0.5) is 0 Å². The Morgan fingerprint density at radius 1 is 1.57 bits per heavy atom. The van der Waals surface area contributed by atoms with E-state index in [0.29, 0.717) is 23.8 Å². The number of amides is 1. The summed E-state index contributed by atoms with van der Waals surface area (Å²) in [4.78, 5) is 11.0. The van der Waals surface area contributed by atoms with Gasteiger partial charge in [-0.15, -0.1) is 0 Å². The topological polar surface area (TPSA) is 41.1 Å². The van der Waals surface area contributed by atoms with Crippen LogP contribution in [0.3, 0.4) is 0 Å². The van der Waals surface area contributed by atoms with Crippen molar-refractivity contribution in [2.45, 2.75) is 43.5 Å². The van der Waals surface area contributed by atoms with Gasteiger partial charge in [0.1, 0.15) is 0 Å². The number of carbonyl (C=O) groups excluding carboxylic acids is 1. The zero-order chi connectivity index (χ0) is 9.97. The Kier molecular flexibility index (Phi) is 3.34. The van der Waals surface area contributed by atoms with Crippen LogP contribution in [0.15, 0.2) is 0 Å². The summed E-state index contributed by atoms with van der Waals surface area (Å²) in [7, 11) is 0. The zero-order valence-electron chi connectivity index (χ0n) is 8.58. The molecule has 0 aliphatic carbocycles. The third kappa shape index (κ3) is 2.42. The normalized spacial score (nSPS) is 38.4. The highest BCUT2D eigenvalue weighted by atomic mass is 32.2. The van der Waals surface area contributed by atoms with Crippen LogP contribution in [0.1, 0.15) is 26.2 Å². The van der Waals surface area contributed by atoms with Gasteiger partial charge in [0.2, 0.25) is 5.91 Å². The van der Waals surface area contributed by atoms with Gasteiger partial charge in [-0.25, -0.2) is 0 Å². The Labute approximate surface area is 89.4 Å². The van der Waals surface area contributed by atoms with Crippen LogP contribution >= 0.6 is 11.8 Å². The van der Waals surface area contributed by atoms with Gasteiger partial charge in [-0.2, -0.15) is 11.8 Å². The second-order valence-electron chi connectivity index (χ2n) is 4.20. The fraction of sp³-hybridized carbons (Fsp3) is 0.900. The molecule has 2 aliphatic rings. The van der Waals surface area contributed by atoms with Gasteiger partial charge in [-0.05, 0) is 18.6 Å². The Hall–Kier alpha value is -0.220. The van der Waals surface area contributed by atoms with Crippen LogP contribution in [-0.4, -0.2) is 35.5 Å². The first-order valence-electron chi connectivity index (χ1n) is 5.40. The number of thioether (sulfide) groups is 1. The lowest BCUT2D eigenvalue weighted by Gasteiger charge is -2.31.